The summed E-state index contributed by atoms with van der Waals surface area (Å²) in [7, 11) is -2.96. The largest absolute Gasteiger partial charge is 0.378 e. The van der Waals surface area contributed by atoms with Crippen molar-refractivity contribution in [3.8, 4) is 0 Å². The maximum absolute atomic E-state index is 11.1. The van der Waals surface area contributed by atoms with Crippen LogP contribution < -0.4 is 10.6 Å². The fraction of sp³-hybridized carbons (Fsp3) is 0.947. The Kier molecular flexibility index (Phi) is 12.9. The minimum atomic E-state index is -2.96. The average Bonchev–Trinajstić information content (AvgIpc) is 2.65. The molecule has 166 valence electrons. The van der Waals surface area contributed by atoms with Crippen LogP contribution in [0.4, 0.5) is 0 Å². The Morgan fingerprint density at radius 3 is 2.39 bits per heavy atom. The molecule has 0 aromatic carbocycles. The van der Waals surface area contributed by atoms with Gasteiger partial charge in [0.25, 0.3) is 0 Å². The van der Waals surface area contributed by atoms with E-state index < -0.39 is 9.84 Å². The van der Waals surface area contributed by atoms with Crippen LogP contribution in [0.25, 0.3) is 0 Å². The number of halogens is 1. The monoisotopic (exact) mass is 530 g/mol. The molecule has 0 aromatic heterocycles. The summed E-state index contributed by atoms with van der Waals surface area (Å²) in [5, 5.41) is 6.85. The Balaban J connectivity index is 0.00000392. The van der Waals surface area contributed by atoms with E-state index in [9.17, 15) is 8.42 Å². The summed E-state index contributed by atoms with van der Waals surface area (Å²) in [5.41, 5.74) is 0. The maximum atomic E-state index is 11.1. The zero-order valence-corrected chi connectivity index (χ0v) is 20.6. The van der Waals surface area contributed by atoms with Gasteiger partial charge < -0.3 is 20.3 Å². The summed E-state index contributed by atoms with van der Waals surface area (Å²) >= 11 is 0. The van der Waals surface area contributed by atoms with Gasteiger partial charge in [0.1, 0.15) is 9.84 Å². The van der Waals surface area contributed by atoms with E-state index in [0.29, 0.717) is 19.2 Å². The number of guanidine groups is 1. The molecule has 1 aliphatic heterocycles. The van der Waals surface area contributed by atoms with Crippen molar-refractivity contribution in [2.75, 3.05) is 51.4 Å². The Morgan fingerprint density at radius 2 is 1.79 bits per heavy atom. The second kappa shape index (κ2) is 14.0. The molecule has 0 atom stereocenters. The lowest BCUT2D eigenvalue weighted by molar-refractivity contribution is 0.119. The molecular formula is C19H39IN4O3S. The van der Waals surface area contributed by atoms with E-state index in [1.807, 2.05) is 0 Å². The van der Waals surface area contributed by atoms with Crippen molar-refractivity contribution in [2.24, 2.45) is 4.99 Å². The van der Waals surface area contributed by atoms with Gasteiger partial charge in [-0.15, -0.1) is 24.0 Å². The second-order valence-electron chi connectivity index (χ2n) is 7.75. The molecule has 1 aliphatic carbocycles. The smallest absolute Gasteiger partial charge is 0.191 e. The highest BCUT2D eigenvalue weighted by molar-refractivity contribution is 14.0. The predicted molar refractivity (Wildman–Crippen MR) is 127 cm³/mol. The van der Waals surface area contributed by atoms with E-state index in [1.165, 1.54) is 51.4 Å². The van der Waals surface area contributed by atoms with Crippen molar-refractivity contribution < 1.29 is 13.2 Å². The molecule has 2 rings (SSSR count). The van der Waals surface area contributed by atoms with Crippen molar-refractivity contribution in [3.63, 3.8) is 0 Å². The summed E-state index contributed by atoms with van der Waals surface area (Å²) in [5.74, 6) is 0.898. The highest BCUT2D eigenvalue weighted by atomic mass is 127. The molecule has 7 nitrogen and oxygen atoms in total. The van der Waals surface area contributed by atoms with Crippen LogP contribution >= 0.6 is 24.0 Å². The fourth-order valence-electron chi connectivity index (χ4n) is 3.90. The molecule has 0 unspecified atom stereocenters. The molecule has 0 amide bonds. The molecule has 28 heavy (non-hydrogen) atoms. The topological polar surface area (TPSA) is 83.0 Å². The summed E-state index contributed by atoms with van der Waals surface area (Å²) in [6.07, 6.45) is 10.5. The Bertz CT molecular complexity index is 545. The lowest BCUT2D eigenvalue weighted by Gasteiger charge is -2.39. The molecule has 9 heteroatoms. The summed E-state index contributed by atoms with van der Waals surface area (Å²) < 4.78 is 27.5. The number of piperidine rings is 1. The zero-order chi connectivity index (χ0) is 19.5. The Hall–Kier alpha value is -0.130. The van der Waals surface area contributed by atoms with Gasteiger partial charge in [0, 0.05) is 38.0 Å². The van der Waals surface area contributed by atoms with Crippen LogP contribution in [-0.2, 0) is 14.6 Å². The van der Waals surface area contributed by atoms with Gasteiger partial charge in [-0.05, 0) is 32.6 Å². The van der Waals surface area contributed by atoms with Gasteiger partial charge in [0.15, 0.2) is 5.96 Å². The molecule has 0 aromatic rings. The first-order valence-electron chi connectivity index (χ1n) is 10.5. The lowest BCUT2D eigenvalue weighted by atomic mass is 9.92. The summed E-state index contributed by atoms with van der Waals surface area (Å²) in [4.78, 5) is 7.25. The number of hydrogen-bond donors (Lipinski definition) is 2. The van der Waals surface area contributed by atoms with Crippen LogP contribution in [0, 0.1) is 0 Å². The molecule has 2 aliphatic rings. The Morgan fingerprint density at radius 1 is 1.11 bits per heavy atom. The summed E-state index contributed by atoms with van der Waals surface area (Å²) in [6.45, 7) is 6.43. The van der Waals surface area contributed by atoms with Crippen LogP contribution in [-0.4, -0.2) is 82.8 Å². The average molecular weight is 531 g/mol. The minimum absolute atomic E-state index is 0. The molecule has 2 N–H and O–H groups in total. The molecular weight excluding hydrogens is 491 g/mol. The standard InChI is InChI=1S/C19H38N4O3S.HI/c1-3-20-19(21-11-14-26-15-16-27(2,24)25)22-17-9-12-23(13-10-17)18-7-5-4-6-8-18;/h17-18H,3-16H2,1-2H3,(H2,20,21,22);1H. The molecule has 1 saturated heterocycles. The van der Waals surface area contributed by atoms with Crippen molar-refractivity contribution in [2.45, 2.75) is 64.0 Å². The SMILES string of the molecule is CCNC(=NCCOCCS(C)(=O)=O)NC1CCN(C2CCCCC2)CC1.I. The van der Waals surface area contributed by atoms with Crippen LogP contribution in [0.3, 0.4) is 0 Å². The minimum Gasteiger partial charge on any atom is -0.378 e. The molecule has 0 bridgehead atoms. The second-order valence-corrected chi connectivity index (χ2v) is 10.0. The van der Waals surface area contributed by atoms with Gasteiger partial charge in [0.05, 0.1) is 25.5 Å². The van der Waals surface area contributed by atoms with Crippen molar-refractivity contribution in [1.29, 1.82) is 0 Å². The molecule has 2 fully saturated rings. The Labute approximate surface area is 188 Å². The number of nitrogens with one attached hydrogen (secondary N) is 2. The van der Waals surface area contributed by atoms with Crippen molar-refractivity contribution in [1.82, 2.24) is 15.5 Å². The quantitative estimate of drug-likeness (QED) is 0.206. The number of likely N-dealkylation sites (tertiary alicyclic amines) is 1. The highest BCUT2D eigenvalue weighted by Crippen LogP contribution is 2.25. The van der Waals surface area contributed by atoms with Crippen molar-refractivity contribution >= 4 is 39.8 Å². The third-order valence-corrected chi connectivity index (χ3v) is 6.32. The van der Waals surface area contributed by atoms with E-state index in [0.717, 1.165) is 31.4 Å². The van der Waals surface area contributed by atoms with Gasteiger partial charge in [-0.2, -0.15) is 0 Å². The van der Waals surface area contributed by atoms with Crippen LogP contribution in [0.15, 0.2) is 4.99 Å². The van der Waals surface area contributed by atoms with Gasteiger partial charge in [-0.25, -0.2) is 8.42 Å². The number of sulfone groups is 1. The molecule has 0 radical (unpaired) electrons. The third kappa shape index (κ3) is 10.6. The normalized spacial score (nSPS) is 20.6. The number of aliphatic imine (C=N–C) groups is 1. The first-order valence-corrected chi connectivity index (χ1v) is 12.6. The molecule has 1 saturated carbocycles. The van der Waals surface area contributed by atoms with E-state index in [2.05, 4.69) is 27.4 Å². The fourth-order valence-corrected chi connectivity index (χ4v) is 4.32. The van der Waals surface area contributed by atoms with Crippen LogP contribution in [0.1, 0.15) is 51.9 Å². The first kappa shape index (κ1) is 25.9. The number of nitrogens with zero attached hydrogens (tertiary/aromatic N) is 2. The maximum Gasteiger partial charge on any atom is 0.191 e. The number of rotatable bonds is 9. The number of ether oxygens (including phenoxy) is 1. The van der Waals surface area contributed by atoms with E-state index in [1.54, 1.807) is 0 Å². The highest BCUT2D eigenvalue weighted by Gasteiger charge is 2.26. The van der Waals surface area contributed by atoms with Crippen LogP contribution in [0.2, 0.25) is 0 Å². The van der Waals surface area contributed by atoms with E-state index in [4.69, 9.17) is 4.74 Å². The third-order valence-electron chi connectivity index (χ3n) is 5.41. The molecule has 0 spiro atoms. The summed E-state index contributed by atoms with van der Waals surface area (Å²) in [6, 6.07) is 1.28. The van der Waals surface area contributed by atoms with Gasteiger partial charge in [-0.3, -0.25) is 4.99 Å². The van der Waals surface area contributed by atoms with Gasteiger partial charge >= 0.3 is 0 Å². The zero-order valence-electron chi connectivity index (χ0n) is 17.5. The van der Waals surface area contributed by atoms with E-state index >= 15 is 0 Å². The van der Waals surface area contributed by atoms with Gasteiger partial charge in [0.2, 0.25) is 0 Å². The van der Waals surface area contributed by atoms with Crippen LogP contribution in [0.5, 0.6) is 0 Å². The molecule has 1 heterocycles. The van der Waals surface area contributed by atoms with Gasteiger partial charge in [-0.1, -0.05) is 19.3 Å². The predicted octanol–water partition coefficient (Wildman–Crippen LogP) is 2.02. The van der Waals surface area contributed by atoms with Crippen molar-refractivity contribution in [3.05, 3.63) is 0 Å². The van der Waals surface area contributed by atoms with E-state index in [-0.39, 0.29) is 36.3 Å². The lowest BCUT2D eigenvalue weighted by Crippen LogP contribution is -2.51. The first-order chi connectivity index (χ1) is 13.0. The number of hydrogen-bond acceptors (Lipinski definition) is 5.